The van der Waals surface area contributed by atoms with Crippen molar-refractivity contribution in [3.8, 4) is 0 Å². The summed E-state index contributed by atoms with van der Waals surface area (Å²) >= 11 is 3.30. The molecular weight excluding hydrogens is 342 g/mol. The van der Waals surface area contributed by atoms with Gasteiger partial charge < -0.3 is 5.32 Å². The van der Waals surface area contributed by atoms with Gasteiger partial charge in [-0.1, -0.05) is 6.42 Å². The fourth-order valence-electron chi connectivity index (χ4n) is 3.33. The monoisotopic (exact) mass is 359 g/mol. The average molecular weight is 360 g/mol. The van der Waals surface area contributed by atoms with Crippen LogP contribution in [0.1, 0.15) is 19.3 Å². The summed E-state index contributed by atoms with van der Waals surface area (Å²) in [6.45, 7) is 1.31. The van der Waals surface area contributed by atoms with Crippen LogP contribution in [0.3, 0.4) is 0 Å². The summed E-state index contributed by atoms with van der Waals surface area (Å²) in [5.41, 5.74) is 0. The number of fused-ring (bicyclic) bond motifs is 1. The Morgan fingerprint density at radius 3 is 2.60 bits per heavy atom. The number of pyridine rings is 1. The summed E-state index contributed by atoms with van der Waals surface area (Å²) in [4.78, 5) is 4.40. The van der Waals surface area contributed by atoms with Gasteiger partial charge in [0.1, 0.15) is 10.7 Å². The molecule has 110 valence electrons. The van der Waals surface area contributed by atoms with Crippen LogP contribution in [0.15, 0.2) is 21.6 Å². The average Bonchev–Trinajstić information content (AvgIpc) is 2.99. The lowest BCUT2D eigenvalue weighted by Gasteiger charge is -2.19. The minimum Gasteiger partial charge on any atom is -0.372 e. The van der Waals surface area contributed by atoms with E-state index >= 15 is 0 Å². The summed E-state index contributed by atoms with van der Waals surface area (Å²) in [6, 6.07) is 1.63. The van der Waals surface area contributed by atoms with Gasteiger partial charge >= 0.3 is 0 Å². The Bertz CT molecular complexity index is 608. The second-order valence-electron chi connectivity index (χ2n) is 5.52. The molecule has 7 heteroatoms. The molecule has 0 aromatic carbocycles. The lowest BCUT2D eigenvalue weighted by Crippen LogP contribution is -2.30. The van der Waals surface area contributed by atoms with Gasteiger partial charge in [0.25, 0.3) is 0 Å². The van der Waals surface area contributed by atoms with Crippen LogP contribution in [-0.4, -0.2) is 37.8 Å². The number of hydrogen-bond acceptors (Lipinski definition) is 4. The van der Waals surface area contributed by atoms with Crippen molar-refractivity contribution in [1.82, 2.24) is 9.29 Å². The molecule has 2 fully saturated rings. The molecule has 0 bridgehead atoms. The number of nitrogens with zero attached hydrogens (tertiary/aromatic N) is 2. The predicted molar refractivity (Wildman–Crippen MR) is 81.1 cm³/mol. The molecule has 3 rings (SSSR count). The Morgan fingerprint density at radius 1 is 1.35 bits per heavy atom. The van der Waals surface area contributed by atoms with E-state index in [0.717, 1.165) is 12.8 Å². The summed E-state index contributed by atoms with van der Waals surface area (Å²) in [5, 5.41) is 2.86. The van der Waals surface area contributed by atoms with Crippen molar-refractivity contribution in [2.24, 2.45) is 11.8 Å². The van der Waals surface area contributed by atoms with E-state index < -0.39 is 10.0 Å². The Kier molecular flexibility index (Phi) is 3.77. The fourth-order valence-corrected chi connectivity index (χ4v) is 5.54. The van der Waals surface area contributed by atoms with Gasteiger partial charge in [-0.3, -0.25) is 0 Å². The molecule has 1 aromatic heterocycles. The predicted octanol–water partition coefficient (Wildman–Crippen LogP) is 2.31. The second kappa shape index (κ2) is 5.27. The van der Waals surface area contributed by atoms with Crippen LogP contribution in [0.2, 0.25) is 0 Å². The molecule has 1 N–H and O–H groups in total. The highest BCUT2D eigenvalue weighted by molar-refractivity contribution is 9.10. The SMILES string of the molecule is CNc1ncc(Br)cc1S(=O)(=O)N1CC2CCCC2C1. The smallest absolute Gasteiger partial charge is 0.246 e. The second-order valence-corrected chi connectivity index (χ2v) is 8.35. The van der Waals surface area contributed by atoms with Crippen molar-refractivity contribution in [1.29, 1.82) is 0 Å². The van der Waals surface area contributed by atoms with Crippen molar-refractivity contribution in [2.45, 2.75) is 24.2 Å². The highest BCUT2D eigenvalue weighted by atomic mass is 79.9. The van der Waals surface area contributed by atoms with Crippen LogP contribution in [0.25, 0.3) is 0 Å². The Hall–Kier alpha value is -0.660. The molecule has 1 aromatic rings. The maximum Gasteiger partial charge on any atom is 0.246 e. The van der Waals surface area contributed by atoms with E-state index in [9.17, 15) is 8.42 Å². The van der Waals surface area contributed by atoms with Gasteiger partial charge in [0.2, 0.25) is 10.0 Å². The molecule has 1 saturated heterocycles. The first-order valence-electron chi connectivity index (χ1n) is 6.86. The largest absolute Gasteiger partial charge is 0.372 e. The van der Waals surface area contributed by atoms with Crippen molar-refractivity contribution in [3.63, 3.8) is 0 Å². The van der Waals surface area contributed by atoms with E-state index in [2.05, 4.69) is 26.2 Å². The van der Waals surface area contributed by atoms with Crippen LogP contribution in [0.4, 0.5) is 5.82 Å². The Labute approximate surface area is 127 Å². The van der Waals surface area contributed by atoms with Crippen LogP contribution in [0.5, 0.6) is 0 Å². The molecule has 2 heterocycles. The first kappa shape index (κ1) is 14.3. The van der Waals surface area contributed by atoms with Crippen molar-refractivity contribution in [2.75, 3.05) is 25.5 Å². The molecule has 5 nitrogen and oxygen atoms in total. The Morgan fingerprint density at radius 2 is 2.00 bits per heavy atom. The molecule has 2 aliphatic rings. The highest BCUT2D eigenvalue weighted by Crippen LogP contribution is 2.40. The molecule has 2 atom stereocenters. The van der Waals surface area contributed by atoms with Gasteiger partial charge in [-0.05, 0) is 46.7 Å². The lowest BCUT2D eigenvalue weighted by atomic mass is 10.0. The molecule has 0 amide bonds. The van der Waals surface area contributed by atoms with Crippen LogP contribution in [-0.2, 0) is 10.0 Å². The highest BCUT2D eigenvalue weighted by Gasteiger charge is 2.42. The van der Waals surface area contributed by atoms with Crippen molar-refractivity contribution >= 4 is 31.8 Å². The molecule has 1 aliphatic carbocycles. The quantitative estimate of drug-likeness (QED) is 0.899. The van der Waals surface area contributed by atoms with E-state index in [0.29, 0.717) is 35.2 Å². The Balaban J connectivity index is 1.94. The third-order valence-electron chi connectivity index (χ3n) is 4.37. The molecule has 1 saturated carbocycles. The van der Waals surface area contributed by atoms with Gasteiger partial charge in [-0.15, -0.1) is 0 Å². The summed E-state index contributed by atoms with van der Waals surface area (Å²) in [5.74, 6) is 1.50. The van der Waals surface area contributed by atoms with Gasteiger partial charge in [0.05, 0.1) is 0 Å². The topological polar surface area (TPSA) is 62.3 Å². The van der Waals surface area contributed by atoms with Gasteiger partial charge in [0, 0.05) is 30.8 Å². The number of aromatic nitrogens is 1. The van der Waals surface area contributed by atoms with Crippen molar-refractivity contribution < 1.29 is 8.42 Å². The molecule has 1 aliphatic heterocycles. The summed E-state index contributed by atoms with van der Waals surface area (Å²) in [7, 11) is -1.78. The zero-order chi connectivity index (χ0) is 14.3. The summed E-state index contributed by atoms with van der Waals surface area (Å²) in [6.07, 6.45) is 5.16. The van der Waals surface area contributed by atoms with Crippen molar-refractivity contribution in [3.05, 3.63) is 16.7 Å². The minimum atomic E-state index is -3.47. The van der Waals surface area contributed by atoms with E-state index in [1.54, 1.807) is 23.6 Å². The van der Waals surface area contributed by atoms with Crippen LogP contribution >= 0.6 is 15.9 Å². The van der Waals surface area contributed by atoms with Gasteiger partial charge in [0.15, 0.2) is 0 Å². The van der Waals surface area contributed by atoms with Gasteiger partial charge in [-0.2, -0.15) is 4.31 Å². The van der Waals surface area contributed by atoms with E-state index in [4.69, 9.17) is 0 Å². The third-order valence-corrected chi connectivity index (χ3v) is 6.65. The molecule has 0 radical (unpaired) electrons. The first-order chi connectivity index (χ1) is 9.52. The molecule has 20 heavy (non-hydrogen) atoms. The number of anilines is 1. The van der Waals surface area contributed by atoms with Crippen LogP contribution < -0.4 is 5.32 Å². The lowest BCUT2D eigenvalue weighted by molar-refractivity contribution is 0.445. The zero-order valence-electron chi connectivity index (χ0n) is 11.3. The number of rotatable bonds is 3. The number of nitrogens with one attached hydrogen (secondary N) is 1. The fraction of sp³-hybridized carbons (Fsp3) is 0.615. The number of halogens is 1. The minimum absolute atomic E-state index is 0.259. The third kappa shape index (κ3) is 2.35. The van der Waals surface area contributed by atoms with E-state index in [-0.39, 0.29) is 4.90 Å². The molecule has 0 spiro atoms. The van der Waals surface area contributed by atoms with Gasteiger partial charge in [-0.25, -0.2) is 13.4 Å². The first-order valence-corrected chi connectivity index (χ1v) is 9.09. The number of sulfonamides is 1. The number of hydrogen-bond donors (Lipinski definition) is 1. The van der Waals surface area contributed by atoms with E-state index in [1.165, 1.54) is 6.42 Å². The van der Waals surface area contributed by atoms with Crippen LogP contribution in [0, 0.1) is 11.8 Å². The van der Waals surface area contributed by atoms with E-state index in [1.807, 2.05) is 0 Å². The standard InChI is InChI=1S/C13H18BrN3O2S/c1-15-13-12(5-11(14)6-16-13)20(18,19)17-7-9-3-2-4-10(9)8-17/h5-6,9-10H,2-4,7-8H2,1H3,(H,15,16). The maximum atomic E-state index is 12.8. The maximum absolute atomic E-state index is 12.8. The summed E-state index contributed by atoms with van der Waals surface area (Å²) < 4.78 is 28.0. The zero-order valence-corrected chi connectivity index (χ0v) is 13.7. The molecule has 2 unspecified atom stereocenters. The normalized spacial score (nSPS) is 26.7. The molecular formula is C13H18BrN3O2S.